The van der Waals surface area contributed by atoms with Gasteiger partial charge in [-0.1, -0.05) is 0 Å². The van der Waals surface area contributed by atoms with Gasteiger partial charge in [-0.15, -0.1) is 0 Å². The van der Waals surface area contributed by atoms with Crippen LogP contribution in [-0.4, -0.2) is 58.2 Å². The molecule has 1 fully saturated rings. The number of ketones is 1. The molecule has 24 heavy (non-hydrogen) atoms. The van der Waals surface area contributed by atoms with Crippen molar-refractivity contribution >= 4 is 23.4 Å². The minimum absolute atomic E-state index is 0.282. The molecule has 1 aromatic carbocycles. The van der Waals surface area contributed by atoms with Gasteiger partial charge in [-0.25, -0.2) is 0 Å². The fraction of sp³-hybridized carbons (Fsp3) is 0.471. The van der Waals surface area contributed by atoms with Gasteiger partial charge < -0.3 is 19.1 Å². The van der Waals surface area contributed by atoms with Crippen LogP contribution in [0, 0.1) is 5.92 Å². The molecule has 7 nitrogen and oxygen atoms in total. The molecule has 1 saturated heterocycles. The van der Waals surface area contributed by atoms with Crippen LogP contribution in [0.1, 0.15) is 16.8 Å². The quantitative estimate of drug-likeness (QED) is 0.437. The molecule has 1 aliphatic heterocycles. The summed E-state index contributed by atoms with van der Waals surface area (Å²) in [6.07, 6.45) is -0.282. The molecular formula is C17H21NO6. The summed E-state index contributed by atoms with van der Waals surface area (Å²) < 4.78 is 14.4. The van der Waals surface area contributed by atoms with Crippen molar-refractivity contribution in [2.45, 2.75) is 6.42 Å². The van der Waals surface area contributed by atoms with Crippen molar-refractivity contribution in [2.75, 3.05) is 45.4 Å². The Hall–Kier alpha value is -2.41. The van der Waals surface area contributed by atoms with E-state index in [1.165, 1.54) is 14.2 Å². The lowest BCUT2D eigenvalue weighted by Gasteiger charge is -2.28. The molecule has 1 aliphatic rings. The van der Waals surface area contributed by atoms with E-state index in [4.69, 9.17) is 4.74 Å². The minimum atomic E-state index is -1.24. The zero-order valence-electron chi connectivity index (χ0n) is 13.8. The van der Waals surface area contributed by atoms with E-state index < -0.39 is 17.9 Å². The molecule has 0 spiro atoms. The van der Waals surface area contributed by atoms with Gasteiger partial charge in [0, 0.05) is 30.8 Å². The zero-order chi connectivity index (χ0) is 17.5. The topological polar surface area (TPSA) is 82.1 Å². The van der Waals surface area contributed by atoms with Crippen LogP contribution in [0.2, 0.25) is 0 Å². The molecule has 0 N–H and O–H groups in total. The SMILES string of the molecule is COC(=O)C(CC(=O)c1ccc(N2CCOCC2)cc1)C(=O)OC. The van der Waals surface area contributed by atoms with Gasteiger partial charge in [-0.05, 0) is 24.3 Å². The molecule has 0 aromatic heterocycles. The predicted octanol–water partition coefficient (Wildman–Crippen LogP) is 1.06. The van der Waals surface area contributed by atoms with Crippen LogP contribution in [-0.2, 0) is 23.8 Å². The van der Waals surface area contributed by atoms with E-state index in [2.05, 4.69) is 14.4 Å². The fourth-order valence-corrected chi connectivity index (χ4v) is 2.53. The Morgan fingerprint density at radius 1 is 1.04 bits per heavy atom. The molecule has 130 valence electrons. The van der Waals surface area contributed by atoms with E-state index in [1.54, 1.807) is 12.1 Å². The Morgan fingerprint density at radius 3 is 2.08 bits per heavy atom. The first-order valence-corrected chi connectivity index (χ1v) is 7.68. The van der Waals surface area contributed by atoms with Gasteiger partial charge in [0.2, 0.25) is 0 Å². The van der Waals surface area contributed by atoms with Crippen LogP contribution < -0.4 is 4.90 Å². The first kappa shape index (κ1) is 17.9. The summed E-state index contributed by atoms with van der Waals surface area (Å²) in [5, 5.41) is 0. The zero-order valence-corrected chi connectivity index (χ0v) is 13.8. The van der Waals surface area contributed by atoms with E-state index >= 15 is 0 Å². The summed E-state index contributed by atoms with van der Waals surface area (Å²) >= 11 is 0. The molecule has 1 heterocycles. The van der Waals surface area contributed by atoms with Crippen LogP contribution in [0.5, 0.6) is 0 Å². The average Bonchev–Trinajstić information content (AvgIpc) is 2.65. The lowest BCUT2D eigenvalue weighted by molar-refractivity contribution is -0.158. The van der Waals surface area contributed by atoms with E-state index in [0.717, 1.165) is 18.8 Å². The largest absolute Gasteiger partial charge is 0.468 e. The molecule has 7 heteroatoms. The summed E-state index contributed by atoms with van der Waals surface area (Å²) in [7, 11) is 2.33. The van der Waals surface area contributed by atoms with Gasteiger partial charge >= 0.3 is 11.9 Å². The Morgan fingerprint density at radius 2 is 1.58 bits per heavy atom. The fourth-order valence-electron chi connectivity index (χ4n) is 2.53. The normalized spacial score (nSPS) is 14.4. The molecule has 0 unspecified atom stereocenters. The van der Waals surface area contributed by atoms with Crippen LogP contribution in [0.4, 0.5) is 5.69 Å². The number of hydrogen-bond acceptors (Lipinski definition) is 7. The molecule has 1 aromatic rings. The van der Waals surface area contributed by atoms with Gasteiger partial charge in [-0.3, -0.25) is 14.4 Å². The second-order valence-electron chi connectivity index (χ2n) is 5.37. The third kappa shape index (κ3) is 4.32. The molecule has 0 saturated carbocycles. The second-order valence-corrected chi connectivity index (χ2v) is 5.37. The molecule has 0 bridgehead atoms. The van der Waals surface area contributed by atoms with Crippen molar-refractivity contribution in [3.05, 3.63) is 29.8 Å². The van der Waals surface area contributed by atoms with Crippen molar-refractivity contribution in [3.63, 3.8) is 0 Å². The first-order valence-electron chi connectivity index (χ1n) is 7.68. The van der Waals surface area contributed by atoms with Crippen molar-refractivity contribution in [1.29, 1.82) is 0 Å². The Kier molecular flexibility index (Phi) is 6.31. The van der Waals surface area contributed by atoms with Crippen LogP contribution >= 0.6 is 0 Å². The number of morpholine rings is 1. The van der Waals surface area contributed by atoms with Gasteiger partial charge in [-0.2, -0.15) is 0 Å². The van der Waals surface area contributed by atoms with Crippen molar-refractivity contribution < 1.29 is 28.6 Å². The highest BCUT2D eigenvalue weighted by atomic mass is 16.5. The maximum atomic E-state index is 12.3. The number of ether oxygens (including phenoxy) is 3. The number of carbonyl (C=O) groups excluding carboxylic acids is 3. The summed E-state index contributed by atoms with van der Waals surface area (Å²) in [6, 6.07) is 7.09. The summed E-state index contributed by atoms with van der Waals surface area (Å²) in [5.74, 6) is -3.11. The number of anilines is 1. The molecule has 0 amide bonds. The molecule has 0 atom stereocenters. The third-order valence-corrected chi connectivity index (χ3v) is 3.93. The smallest absolute Gasteiger partial charge is 0.320 e. The number of esters is 2. The van der Waals surface area contributed by atoms with Gasteiger partial charge in [0.05, 0.1) is 27.4 Å². The average molecular weight is 335 g/mol. The Bertz CT molecular complexity index is 576. The highest BCUT2D eigenvalue weighted by Gasteiger charge is 2.31. The van der Waals surface area contributed by atoms with Crippen molar-refractivity contribution in [2.24, 2.45) is 5.92 Å². The van der Waals surface area contributed by atoms with Crippen molar-refractivity contribution in [3.8, 4) is 0 Å². The minimum Gasteiger partial charge on any atom is -0.468 e. The van der Waals surface area contributed by atoms with Gasteiger partial charge in [0.15, 0.2) is 11.7 Å². The summed E-state index contributed by atoms with van der Waals surface area (Å²) in [6.45, 7) is 2.97. The monoisotopic (exact) mass is 335 g/mol. The third-order valence-electron chi connectivity index (χ3n) is 3.93. The number of methoxy groups -OCH3 is 2. The lowest BCUT2D eigenvalue weighted by Crippen LogP contribution is -2.36. The highest BCUT2D eigenvalue weighted by Crippen LogP contribution is 2.19. The number of nitrogens with zero attached hydrogens (tertiary/aromatic N) is 1. The van der Waals surface area contributed by atoms with E-state index in [-0.39, 0.29) is 12.2 Å². The molecule has 2 rings (SSSR count). The van der Waals surface area contributed by atoms with E-state index in [9.17, 15) is 14.4 Å². The van der Waals surface area contributed by atoms with Crippen LogP contribution in [0.25, 0.3) is 0 Å². The Balaban J connectivity index is 2.05. The first-order chi connectivity index (χ1) is 11.6. The maximum Gasteiger partial charge on any atom is 0.320 e. The highest BCUT2D eigenvalue weighted by molar-refractivity contribution is 6.04. The second kappa shape index (κ2) is 8.44. The standard InChI is InChI=1S/C17H21NO6/c1-22-16(20)14(17(21)23-2)11-15(19)12-3-5-13(6-4-12)18-7-9-24-10-8-18/h3-6,14H,7-11H2,1-2H3. The summed E-state index contributed by atoms with van der Waals surface area (Å²) in [5.41, 5.74) is 1.44. The van der Waals surface area contributed by atoms with Crippen LogP contribution in [0.3, 0.4) is 0 Å². The van der Waals surface area contributed by atoms with Gasteiger partial charge in [0.25, 0.3) is 0 Å². The van der Waals surface area contributed by atoms with Crippen LogP contribution in [0.15, 0.2) is 24.3 Å². The van der Waals surface area contributed by atoms with E-state index in [1.807, 2.05) is 12.1 Å². The molecule has 0 radical (unpaired) electrons. The number of benzene rings is 1. The number of Topliss-reactive ketones (excluding diaryl/α,β-unsaturated/α-hetero) is 1. The van der Waals surface area contributed by atoms with Crippen molar-refractivity contribution in [1.82, 2.24) is 0 Å². The maximum absolute atomic E-state index is 12.3. The Labute approximate surface area is 140 Å². The molecule has 0 aliphatic carbocycles. The molecular weight excluding hydrogens is 314 g/mol. The predicted molar refractivity (Wildman–Crippen MR) is 85.9 cm³/mol. The number of rotatable bonds is 6. The number of hydrogen-bond donors (Lipinski definition) is 0. The summed E-state index contributed by atoms with van der Waals surface area (Å²) in [4.78, 5) is 37.8. The number of carbonyl (C=O) groups is 3. The van der Waals surface area contributed by atoms with Gasteiger partial charge in [0.1, 0.15) is 0 Å². The van der Waals surface area contributed by atoms with E-state index in [0.29, 0.717) is 18.8 Å². The lowest BCUT2D eigenvalue weighted by atomic mass is 9.98.